The maximum Gasteiger partial charge on any atom is 0.257 e. The number of carbonyl (C=O) groups is 1. The van der Waals surface area contributed by atoms with Gasteiger partial charge in [-0.3, -0.25) is 4.79 Å². The first-order valence-electron chi connectivity index (χ1n) is 9.86. The number of carbonyl (C=O) groups excluding carboxylic acids is 1. The van der Waals surface area contributed by atoms with E-state index in [0.29, 0.717) is 29.0 Å². The standard InChI is InChI=1S/C21H26N6O2/c1-14(2)19-16(20(28)26-10-8-15(13-26)25(3)4)12-23-27(19)21-22-9-7-17(24-21)18-6-5-11-29-18/h5-7,9,11-12,14-15H,8,10,13H2,1-4H3. The van der Waals surface area contributed by atoms with E-state index < -0.39 is 0 Å². The summed E-state index contributed by atoms with van der Waals surface area (Å²) in [7, 11) is 4.11. The fourth-order valence-electron chi connectivity index (χ4n) is 3.77. The lowest BCUT2D eigenvalue weighted by Gasteiger charge is -2.21. The predicted molar refractivity (Wildman–Crippen MR) is 109 cm³/mol. The Morgan fingerprint density at radius 2 is 2.14 bits per heavy atom. The third-order valence-electron chi connectivity index (χ3n) is 5.37. The first-order valence-corrected chi connectivity index (χ1v) is 9.86. The third-order valence-corrected chi connectivity index (χ3v) is 5.37. The van der Waals surface area contributed by atoms with Crippen molar-refractivity contribution in [3.63, 3.8) is 0 Å². The fourth-order valence-corrected chi connectivity index (χ4v) is 3.77. The van der Waals surface area contributed by atoms with E-state index in [1.807, 2.05) is 30.9 Å². The Morgan fingerprint density at radius 3 is 2.79 bits per heavy atom. The van der Waals surface area contributed by atoms with Crippen LogP contribution in [0.1, 0.15) is 42.2 Å². The summed E-state index contributed by atoms with van der Waals surface area (Å²) >= 11 is 0. The second-order valence-electron chi connectivity index (χ2n) is 7.89. The maximum atomic E-state index is 13.2. The molecule has 1 aliphatic rings. The molecule has 152 valence electrons. The average Bonchev–Trinajstić information content (AvgIpc) is 3.47. The number of nitrogens with zero attached hydrogens (tertiary/aromatic N) is 6. The summed E-state index contributed by atoms with van der Waals surface area (Å²) in [5.41, 5.74) is 2.11. The van der Waals surface area contributed by atoms with Gasteiger partial charge in [0.2, 0.25) is 0 Å². The molecule has 1 unspecified atom stereocenters. The molecule has 1 saturated heterocycles. The Hall–Kier alpha value is -3.00. The Kier molecular flexibility index (Phi) is 5.19. The molecule has 0 saturated carbocycles. The maximum absolute atomic E-state index is 13.2. The van der Waals surface area contributed by atoms with Crippen molar-refractivity contribution in [2.45, 2.75) is 32.2 Å². The van der Waals surface area contributed by atoms with Gasteiger partial charge in [0.05, 0.1) is 23.7 Å². The zero-order valence-electron chi connectivity index (χ0n) is 17.2. The summed E-state index contributed by atoms with van der Waals surface area (Å²) in [6.45, 7) is 5.59. The number of rotatable bonds is 5. The zero-order valence-corrected chi connectivity index (χ0v) is 17.2. The third kappa shape index (κ3) is 3.67. The number of hydrogen-bond acceptors (Lipinski definition) is 6. The Bertz CT molecular complexity index is 993. The highest BCUT2D eigenvalue weighted by molar-refractivity contribution is 5.95. The lowest BCUT2D eigenvalue weighted by Crippen LogP contribution is -2.34. The SMILES string of the molecule is CC(C)c1c(C(=O)N2CCC(N(C)C)C2)cnn1-c1nccc(-c2ccco2)n1. The number of likely N-dealkylation sites (tertiary alicyclic amines) is 1. The van der Waals surface area contributed by atoms with E-state index in [9.17, 15) is 4.79 Å². The first kappa shape index (κ1) is 19.3. The first-order chi connectivity index (χ1) is 14.0. The molecule has 0 radical (unpaired) electrons. The molecule has 0 bridgehead atoms. The summed E-state index contributed by atoms with van der Waals surface area (Å²) in [6, 6.07) is 5.85. The fraction of sp³-hybridized carbons (Fsp3) is 0.429. The van der Waals surface area contributed by atoms with Gasteiger partial charge in [0.15, 0.2) is 5.76 Å². The lowest BCUT2D eigenvalue weighted by molar-refractivity contribution is 0.0781. The molecule has 1 fully saturated rings. The van der Waals surface area contributed by atoms with E-state index in [-0.39, 0.29) is 11.8 Å². The minimum atomic E-state index is 0.0199. The molecule has 0 N–H and O–H groups in total. The zero-order chi connectivity index (χ0) is 20.5. The quantitative estimate of drug-likeness (QED) is 0.662. The van der Waals surface area contributed by atoms with Gasteiger partial charge in [-0.25, -0.2) is 14.6 Å². The van der Waals surface area contributed by atoms with Crippen LogP contribution >= 0.6 is 0 Å². The highest BCUT2D eigenvalue weighted by Crippen LogP contribution is 2.26. The van der Waals surface area contributed by atoms with E-state index in [1.165, 1.54) is 0 Å². The highest BCUT2D eigenvalue weighted by atomic mass is 16.3. The van der Waals surface area contributed by atoms with Gasteiger partial charge < -0.3 is 14.2 Å². The van der Waals surface area contributed by atoms with Crippen molar-refractivity contribution in [2.75, 3.05) is 27.2 Å². The van der Waals surface area contributed by atoms with Crippen molar-refractivity contribution in [3.8, 4) is 17.4 Å². The Balaban J connectivity index is 1.68. The van der Waals surface area contributed by atoms with Gasteiger partial charge in [0.1, 0.15) is 5.69 Å². The van der Waals surface area contributed by atoms with Crippen LogP contribution in [0, 0.1) is 0 Å². The van der Waals surface area contributed by atoms with Crippen LogP contribution in [0.3, 0.4) is 0 Å². The molecule has 1 amide bonds. The van der Waals surface area contributed by atoms with E-state index in [1.54, 1.807) is 29.4 Å². The molecule has 1 aliphatic heterocycles. The van der Waals surface area contributed by atoms with Crippen molar-refractivity contribution in [1.82, 2.24) is 29.5 Å². The Morgan fingerprint density at radius 1 is 1.31 bits per heavy atom. The van der Waals surface area contributed by atoms with Crippen LogP contribution in [0.25, 0.3) is 17.4 Å². The van der Waals surface area contributed by atoms with Gasteiger partial charge in [-0.2, -0.15) is 5.10 Å². The number of hydrogen-bond donors (Lipinski definition) is 0. The molecule has 3 aromatic heterocycles. The van der Waals surface area contributed by atoms with E-state index in [0.717, 1.165) is 25.2 Å². The van der Waals surface area contributed by atoms with Gasteiger partial charge in [-0.15, -0.1) is 0 Å². The highest BCUT2D eigenvalue weighted by Gasteiger charge is 2.31. The van der Waals surface area contributed by atoms with E-state index in [4.69, 9.17) is 4.42 Å². The molecule has 29 heavy (non-hydrogen) atoms. The molecule has 8 heteroatoms. The molecular formula is C21H26N6O2. The van der Waals surface area contributed by atoms with Gasteiger partial charge in [-0.1, -0.05) is 13.8 Å². The molecular weight excluding hydrogens is 368 g/mol. The molecule has 4 rings (SSSR count). The van der Waals surface area contributed by atoms with Crippen LogP contribution < -0.4 is 0 Å². The largest absolute Gasteiger partial charge is 0.463 e. The average molecular weight is 394 g/mol. The molecule has 0 aliphatic carbocycles. The van der Waals surface area contributed by atoms with Gasteiger partial charge >= 0.3 is 0 Å². The lowest BCUT2D eigenvalue weighted by atomic mass is 10.1. The molecule has 0 aromatic carbocycles. The summed E-state index contributed by atoms with van der Waals surface area (Å²) in [5, 5.41) is 4.48. The predicted octanol–water partition coefficient (Wildman–Crippen LogP) is 2.82. The van der Waals surface area contributed by atoms with Crippen LogP contribution in [0.4, 0.5) is 0 Å². The van der Waals surface area contributed by atoms with Crippen LogP contribution in [0.2, 0.25) is 0 Å². The van der Waals surface area contributed by atoms with E-state index >= 15 is 0 Å². The number of likely N-dealkylation sites (N-methyl/N-ethyl adjacent to an activating group) is 1. The van der Waals surface area contributed by atoms with Gasteiger partial charge in [0, 0.05) is 25.3 Å². The van der Waals surface area contributed by atoms with Crippen LogP contribution in [0.15, 0.2) is 41.3 Å². The molecule has 8 nitrogen and oxygen atoms in total. The summed E-state index contributed by atoms with van der Waals surface area (Å²) in [6.07, 6.45) is 5.91. The second-order valence-corrected chi connectivity index (χ2v) is 7.89. The Labute approximate surface area is 170 Å². The smallest absolute Gasteiger partial charge is 0.257 e. The summed E-state index contributed by atoms with van der Waals surface area (Å²) in [5.74, 6) is 1.19. The van der Waals surface area contributed by atoms with Crippen molar-refractivity contribution in [1.29, 1.82) is 0 Å². The second kappa shape index (κ2) is 7.79. The monoisotopic (exact) mass is 394 g/mol. The minimum absolute atomic E-state index is 0.0199. The number of amides is 1. The number of aromatic nitrogens is 4. The van der Waals surface area contributed by atoms with Gasteiger partial charge in [-0.05, 0) is 44.6 Å². The van der Waals surface area contributed by atoms with Crippen LogP contribution in [0.5, 0.6) is 0 Å². The summed E-state index contributed by atoms with van der Waals surface area (Å²) in [4.78, 5) is 26.3. The molecule has 3 aromatic rings. The summed E-state index contributed by atoms with van der Waals surface area (Å²) < 4.78 is 7.11. The van der Waals surface area contributed by atoms with E-state index in [2.05, 4.69) is 34.1 Å². The van der Waals surface area contributed by atoms with Gasteiger partial charge in [0.25, 0.3) is 11.9 Å². The van der Waals surface area contributed by atoms with Crippen LogP contribution in [-0.4, -0.2) is 68.7 Å². The topological polar surface area (TPSA) is 80.3 Å². The molecule has 1 atom stereocenters. The normalized spacial score (nSPS) is 16.9. The molecule has 4 heterocycles. The van der Waals surface area contributed by atoms with Crippen molar-refractivity contribution in [2.24, 2.45) is 0 Å². The van der Waals surface area contributed by atoms with Crippen molar-refractivity contribution >= 4 is 5.91 Å². The van der Waals surface area contributed by atoms with Crippen LogP contribution in [-0.2, 0) is 0 Å². The minimum Gasteiger partial charge on any atom is -0.463 e. The number of furan rings is 1. The van der Waals surface area contributed by atoms with Crippen molar-refractivity contribution in [3.05, 3.63) is 48.1 Å². The van der Waals surface area contributed by atoms with Crippen molar-refractivity contribution < 1.29 is 9.21 Å². The molecule has 0 spiro atoms.